The molecule has 0 aliphatic rings. The predicted octanol–water partition coefficient (Wildman–Crippen LogP) is 4.63. The molecule has 4 rings (SSSR count). The Morgan fingerprint density at radius 3 is 2.53 bits per heavy atom. The maximum Gasteiger partial charge on any atom is 0.433 e. The van der Waals surface area contributed by atoms with Crippen molar-refractivity contribution in [1.82, 2.24) is 29.9 Å². The lowest BCUT2D eigenvalue weighted by molar-refractivity contribution is -0.141. The summed E-state index contributed by atoms with van der Waals surface area (Å²) >= 11 is 6.21. The van der Waals surface area contributed by atoms with Crippen LogP contribution in [0.3, 0.4) is 0 Å². The summed E-state index contributed by atoms with van der Waals surface area (Å²) in [7, 11) is 1.39. The van der Waals surface area contributed by atoms with Gasteiger partial charge in [-0.25, -0.2) is 14.8 Å². The lowest BCUT2D eigenvalue weighted by atomic mass is 10.1. The average molecular weight is 493 g/mol. The normalized spacial score (nSPS) is 12.5. The van der Waals surface area contributed by atoms with Crippen molar-refractivity contribution in [3.8, 4) is 5.82 Å². The average Bonchev–Trinajstić information content (AvgIpc) is 3.32. The number of fused-ring (bicyclic) bond motifs is 1. The van der Waals surface area contributed by atoms with Gasteiger partial charge in [-0.1, -0.05) is 11.6 Å². The molecule has 2 amide bonds. The highest BCUT2D eigenvalue weighted by Crippen LogP contribution is 2.34. The van der Waals surface area contributed by atoms with Crippen molar-refractivity contribution in [1.29, 1.82) is 0 Å². The number of nitrogens with one attached hydrogen (secondary N) is 2. The maximum atomic E-state index is 13.2. The molecule has 0 fully saturated rings. The zero-order valence-corrected chi connectivity index (χ0v) is 18.4. The number of hydrogen-bond acceptors (Lipinski definition) is 7. The molecule has 4 heterocycles. The van der Waals surface area contributed by atoms with E-state index in [0.29, 0.717) is 0 Å². The summed E-state index contributed by atoms with van der Waals surface area (Å²) in [5.41, 5.74) is -0.279. The van der Waals surface area contributed by atoms with Crippen LogP contribution in [0.4, 0.5) is 29.3 Å². The minimum atomic E-state index is -4.65. The Bertz CT molecular complexity index is 1350. The van der Waals surface area contributed by atoms with E-state index >= 15 is 0 Å². The molecular formula is C20H16ClF3N8O2. The number of carbonyl (C=O) groups excluding carboxylic acids is 1. The van der Waals surface area contributed by atoms with Crippen LogP contribution in [0.5, 0.6) is 0 Å². The van der Waals surface area contributed by atoms with Crippen LogP contribution in [0.25, 0.3) is 16.9 Å². The number of rotatable bonds is 5. The Kier molecular flexibility index (Phi) is 6.30. The van der Waals surface area contributed by atoms with Gasteiger partial charge in [-0.15, -0.1) is 4.80 Å². The monoisotopic (exact) mass is 492 g/mol. The Labute approximate surface area is 195 Å². The molecule has 0 radical (unpaired) electrons. The molecule has 0 saturated heterocycles. The third-order valence-corrected chi connectivity index (χ3v) is 5.02. The number of ether oxygens (including phenoxy) is 1. The van der Waals surface area contributed by atoms with E-state index in [1.54, 1.807) is 6.92 Å². The largest absolute Gasteiger partial charge is 0.433 e. The summed E-state index contributed by atoms with van der Waals surface area (Å²) in [4.78, 5) is 25.8. The topological polar surface area (TPSA) is 120 Å². The van der Waals surface area contributed by atoms with Crippen molar-refractivity contribution in [3.63, 3.8) is 0 Å². The molecular weight excluding hydrogens is 477 g/mol. The first kappa shape index (κ1) is 23.3. The van der Waals surface area contributed by atoms with Gasteiger partial charge in [0.05, 0.1) is 58.3 Å². The molecule has 0 saturated carbocycles. The van der Waals surface area contributed by atoms with E-state index in [1.807, 2.05) is 0 Å². The van der Waals surface area contributed by atoms with Crippen molar-refractivity contribution >= 4 is 40.0 Å². The fraction of sp³-hybridized carbons (Fsp3) is 0.200. The number of anilines is 2. The van der Waals surface area contributed by atoms with Gasteiger partial charge in [0.2, 0.25) is 0 Å². The van der Waals surface area contributed by atoms with E-state index in [0.717, 1.165) is 6.07 Å². The van der Waals surface area contributed by atoms with Gasteiger partial charge in [0.25, 0.3) is 0 Å². The van der Waals surface area contributed by atoms with Gasteiger partial charge in [0, 0.05) is 12.7 Å². The number of alkyl halides is 3. The molecule has 4 aromatic rings. The summed E-state index contributed by atoms with van der Waals surface area (Å²) in [5.74, 6) is 0.263. The molecule has 0 bridgehead atoms. The van der Waals surface area contributed by atoms with Crippen LogP contribution in [0.2, 0.25) is 5.02 Å². The Morgan fingerprint density at radius 1 is 1.15 bits per heavy atom. The second-order valence-corrected chi connectivity index (χ2v) is 7.36. The van der Waals surface area contributed by atoms with Crippen LogP contribution in [-0.4, -0.2) is 43.1 Å². The van der Waals surface area contributed by atoms with Crippen molar-refractivity contribution in [3.05, 3.63) is 59.3 Å². The summed E-state index contributed by atoms with van der Waals surface area (Å²) < 4.78 is 45.0. The van der Waals surface area contributed by atoms with Crippen LogP contribution in [0.15, 0.2) is 43.0 Å². The van der Waals surface area contributed by atoms with Crippen molar-refractivity contribution in [2.75, 3.05) is 17.7 Å². The van der Waals surface area contributed by atoms with Gasteiger partial charge in [0.1, 0.15) is 5.69 Å². The smallest absolute Gasteiger partial charge is 0.377 e. The molecule has 4 aromatic heterocycles. The van der Waals surface area contributed by atoms with E-state index in [9.17, 15) is 18.0 Å². The number of urea groups is 1. The fourth-order valence-electron chi connectivity index (χ4n) is 3.13. The van der Waals surface area contributed by atoms with Crippen LogP contribution < -0.4 is 10.6 Å². The van der Waals surface area contributed by atoms with Gasteiger partial charge in [0.15, 0.2) is 5.82 Å². The van der Waals surface area contributed by atoms with Crippen molar-refractivity contribution in [2.45, 2.75) is 19.2 Å². The quantitative estimate of drug-likeness (QED) is 0.417. The number of amides is 2. The minimum Gasteiger partial charge on any atom is -0.377 e. The zero-order valence-electron chi connectivity index (χ0n) is 17.6. The maximum absolute atomic E-state index is 13.2. The second kappa shape index (κ2) is 9.19. The number of aromatic nitrogens is 6. The van der Waals surface area contributed by atoms with Gasteiger partial charge >= 0.3 is 12.2 Å². The molecule has 2 N–H and O–H groups in total. The molecule has 0 spiro atoms. The lowest BCUT2D eigenvalue weighted by Gasteiger charge is -2.18. The molecule has 1 atom stereocenters. The highest BCUT2D eigenvalue weighted by atomic mass is 35.5. The Morgan fingerprint density at radius 2 is 1.88 bits per heavy atom. The van der Waals surface area contributed by atoms with Gasteiger partial charge in [-0.3, -0.25) is 4.98 Å². The van der Waals surface area contributed by atoms with Crippen LogP contribution in [0, 0.1) is 0 Å². The zero-order chi connectivity index (χ0) is 24.5. The molecule has 14 heteroatoms. The van der Waals surface area contributed by atoms with Crippen LogP contribution >= 0.6 is 11.6 Å². The molecule has 0 aromatic carbocycles. The number of carbonyl (C=O) groups is 1. The number of hydrogen-bond donors (Lipinski definition) is 2. The molecule has 176 valence electrons. The SMILES string of the molecule is COC(C)c1c(NC(=O)Nc2cnc(-n3nccn3)c(Cl)c2)cnc2ccc(C(F)(F)F)nc12. The number of pyridine rings is 3. The first-order chi connectivity index (χ1) is 16.2. The standard InChI is InChI=1S/C20H16ClF3N8O2/c1-10(34-2)16-14(9-25-13-3-4-15(20(22,23)24)31-17(13)16)30-19(33)29-11-7-12(21)18(26-8-11)32-27-5-6-28-32/h3-10H,1-2H3,(H2,29,30,33). The van der Waals surface area contributed by atoms with Crippen LogP contribution in [0.1, 0.15) is 24.3 Å². The third kappa shape index (κ3) is 4.75. The van der Waals surface area contributed by atoms with Gasteiger partial charge in [-0.2, -0.15) is 23.4 Å². The minimum absolute atomic E-state index is 0.0391. The Balaban J connectivity index is 1.63. The third-order valence-electron chi connectivity index (χ3n) is 4.74. The summed E-state index contributed by atoms with van der Waals surface area (Å²) in [6.07, 6.45) is 0.236. The first-order valence-corrected chi connectivity index (χ1v) is 10.0. The number of methoxy groups -OCH3 is 1. The molecule has 1 unspecified atom stereocenters. The first-order valence-electron chi connectivity index (χ1n) is 9.67. The second-order valence-electron chi connectivity index (χ2n) is 6.95. The van der Waals surface area contributed by atoms with E-state index < -0.39 is 24.0 Å². The van der Waals surface area contributed by atoms with Crippen molar-refractivity contribution in [2.24, 2.45) is 0 Å². The highest BCUT2D eigenvalue weighted by Gasteiger charge is 2.33. The van der Waals surface area contributed by atoms with E-state index in [-0.39, 0.29) is 38.8 Å². The summed E-state index contributed by atoms with van der Waals surface area (Å²) in [5, 5.41) is 13.2. The highest BCUT2D eigenvalue weighted by molar-refractivity contribution is 6.32. The van der Waals surface area contributed by atoms with Gasteiger partial charge < -0.3 is 15.4 Å². The molecule has 34 heavy (non-hydrogen) atoms. The lowest BCUT2D eigenvalue weighted by Crippen LogP contribution is -2.21. The summed E-state index contributed by atoms with van der Waals surface area (Å²) in [6.45, 7) is 1.62. The van der Waals surface area contributed by atoms with E-state index in [1.165, 1.54) is 48.8 Å². The van der Waals surface area contributed by atoms with Gasteiger partial charge in [-0.05, 0) is 25.1 Å². The predicted molar refractivity (Wildman–Crippen MR) is 117 cm³/mol. The van der Waals surface area contributed by atoms with E-state index in [2.05, 4.69) is 35.8 Å². The van der Waals surface area contributed by atoms with Crippen LogP contribution in [-0.2, 0) is 10.9 Å². The van der Waals surface area contributed by atoms with Crippen molar-refractivity contribution < 1.29 is 22.7 Å². The Hall–Kier alpha value is -3.84. The fourth-order valence-corrected chi connectivity index (χ4v) is 3.37. The number of halogens is 4. The molecule has 10 nitrogen and oxygen atoms in total. The molecule has 0 aliphatic carbocycles. The molecule has 0 aliphatic heterocycles. The summed E-state index contributed by atoms with van der Waals surface area (Å²) in [6, 6.07) is 2.79. The number of nitrogens with zero attached hydrogens (tertiary/aromatic N) is 6. The van der Waals surface area contributed by atoms with E-state index in [4.69, 9.17) is 16.3 Å².